The highest BCUT2D eigenvalue weighted by molar-refractivity contribution is 5.80. The summed E-state index contributed by atoms with van der Waals surface area (Å²) in [5.74, 6) is 2.43. The number of nitrogens with zero attached hydrogens (tertiary/aromatic N) is 1. The molecule has 0 spiro atoms. The van der Waals surface area contributed by atoms with Crippen LogP contribution < -0.4 is 20.1 Å². The van der Waals surface area contributed by atoms with Crippen LogP contribution in [0.3, 0.4) is 0 Å². The normalized spacial score (nSPS) is 15.1. The van der Waals surface area contributed by atoms with E-state index in [0.717, 1.165) is 36.0 Å². The van der Waals surface area contributed by atoms with Gasteiger partial charge in [-0.3, -0.25) is 0 Å². The van der Waals surface area contributed by atoms with Gasteiger partial charge in [-0.1, -0.05) is 36.4 Å². The molecule has 2 aromatic rings. The van der Waals surface area contributed by atoms with E-state index in [4.69, 9.17) is 14.5 Å². The highest BCUT2D eigenvalue weighted by Gasteiger charge is 2.11. The molecule has 0 aliphatic carbocycles. The Morgan fingerprint density at radius 1 is 1.08 bits per heavy atom. The van der Waals surface area contributed by atoms with Gasteiger partial charge in [0.2, 0.25) is 0 Å². The van der Waals surface area contributed by atoms with Gasteiger partial charge in [-0.25, -0.2) is 4.99 Å². The zero-order chi connectivity index (χ0) is 18.2. The summed E-state index contributed by atoms with van der Waals surface area (Å²) in [6.45, 7) is 6.99. The number of guanidine groups is 1. The molecule has 1 atom stereocenters. The Bertz CT molecular complexity index is 731. The van der Waals surface area contributed by atoms with Gasteiger partial charge in [0, 0.05) is 13.0 Å². The maximum Gasteiger partial charge on any atom is 0.192 e. The second-order valence-electron chi connectivity index (χ2n) is 6.30. The molecule has 0 saturated heterocycles. The number of nitrogens with one attached hydrogen (secondary N) is 2. The zero-order valence-electron chi connectivity index (χ0n) is 15.5. The SMILES string of the molecule is CCNC(=NCc1ccc2c(c1)OCCCO2)NC(C)c1ccccc1. The number of benzene rings is 2. The fraction of sp³-hybridized carbons (Fsp3) is 0.381. The van der Waals surface area contributed by atoms with E-state index in [9.17, 15) is 0 Å². The smallest absolute Gasteiger partial charge is 0.192 e. The van der Waals surface area contributed by atoms with Gasteiger partial charge in [-0.05, 0) is 37.1 Å². The molecule has 1 heterocycles. The highest BCUT2D eigenvalue weighted by Crippen LogP contribution is 2.30. The van der Waals surface area contributed by atoms with E-state index < -0.39 is 0 Å². The summed E-state index contributed by atoms with van der Waals surface area (Å²) in [5, 5.41) is 6.77. The van der Waals surface area contributed by atoms with E-state index >= 15 is 0 Å². The van der Waals surface area contributed by atoms with Crippen LogP contribution in [0.25, 0.3) is 0 Å². The molecule has 0 amide bonds. The Kier molecular flexibility index (Phi) is 6.36. The molecule has 0 radical (unpaired) electrons. The summed E-state index contributed by atoms with van der Waals surface area (Å²) in [6.07, 6.45) is 0.911. The van der Waals surface area contributed by atoms with Crippen molar-refractivity contribution in [2.24, 2.45) is 4.99 Å². The van der Waals surface area contributed by atoms with Crippen molar-refractivity contribution in [1.29, 1.82) is 0 Å². The summed E-state index contributed by atoms with van der Waals surface area (Å²) in [4.78, 5) is 4.72. The lowest BCUT2D eigenvalue weighted by atomic mass is 10.1. The summed E-state index contributed by atoms with van der Waals surface area (Å²) in [6, 6.07) is 16.6. The van der Waals surface area contributed by atoms with Gasteiger partial charge >= 0.3 is 0 Å². The van der Waals surface area contributed by atoms with E-state index in [-0.39, 0.29) is 6.04 Å². The highest BCUT2D eigenvalue weighted by atomic mass is 16.5. The summed E-state index contributed by atoms with van der Waals surface area (Å²) >= 11 is 0. The average Bonchev–Trinajstić information content (AvgIpc) is 2.92. The first kappa shape index (κ1) is 18.1. The molecule has 2 aromatic carbocycles. The number of hydrogen-bond donors (Lipinski definition) is 2. The first-order chi connectivity index (χ1) is 12.8. The molecular weight excluding hydrogens is 326 g/mol. The van der Waals surface area contributed by atoms with Gasteiger partial charge in [0.1, 0.15) is 0 Å². The number of fused-ring (bicyclic) bond motifs is 1. The van der Waals surface area contributed by atoms with Gasteiger partial charge in [-0.15, -0.1) is 0 Å². The molecule has 3 rings (SSSR count). The van der Waals surface area contributed by atoms with E-state index in [1.54, 1.807) is 0 Å². The lowest BCUT2D eigenvalue weighted by Gasteiger charge is -2.18. The van der Waals surface area contributed by atoms with E-state index in [0.29, 0.717) is 19.8 Å². The van der Waals surface area contributed by atoms with Crippen molar-refractivity contribution in [2.75, 3.05) is 19.8 Å². The van der Waals surface area contributed by atoms with Crippen LogP contribution in [0.4, 0.5) is 0 Å². The molecule has 0 bridgehead atoms. The van der Waals surface area contributed by atoms with Gasteiger partial charge in [0.05, 0.1) is 25.8 Å². The molecule has 0 fully saturated rings. The first-order valence-electron chi connectivity index (χ1n) is 9.24. The van der Waals surface area contributed by atoms with Crippen LogP contribution in [0.5, 0.6) is 11.5 Å². The van der Waals surface area contributed by atoms with Crippen LogP contribution in [-0.2, 0) is 6.54 Å². The lowest BCUT2D eigenvalue weighted by molar-refractivity contribution is 0.297. The topological polar surface area (TPSA) is 54.9 Å². The molecule has 5 nitrogen and oxygen atoms in total. The predicted molar refractivity (Wildman–Crippen MR) is 105 cm³/mol. The number of ether oxygens (including phenoxy) is 2. The van der Waals surface area contributed by atoms with Crippen molar-refractivity contribution < 1.29 is 9.47 Å². The van der Waals surface area contributed by atoms with Gasteiger partial charge in [-0.2, -0.15) is 0 Å². The third kappa shape index (κ3) is 4.91. The second-order valence-corrected chi connectivity index (χ2v) is 6.30. The zero-order valence-corrected chi connectivity index (χ0v) is 15.5. The number of hydrogen-bond acceptors (Lipinski definition) is 3. The minimum Gasteiger partial charge on any atom is -0.490 e. The quantitative estimate of drug-likeness (QED) is 0.636. The van der Waals surface area contributed by atoms with Crippen LogP contribution in [0.1, 0.15) is 37.4 Å². The predicted octanol–water partition coefficient (Wildman–Crippen LogP) is 3.66. The largest absolute Gasteiger partial charge is 0.490 e. The fourth-order valence-corrected chi connectivity index (χ4v) is 2.83. The molecule has 0 aromatic heterocycles. The van der Waals surface area contributed by atoms with E-state index in [2.05, 4.69) is 48.7 Å². The Labute approximate surface area is 155 Å². The molecule has 2 N–H and O–H groups in total. The number of rotatable bonds is 5. The third-order valence-electron chi connectivity index (χ3n) is 4.23. The fourth-order valence-electron chi connectivity index (χ4n) is 2.83. The van der Waals surface area contributed by atoms with Crippen LogP contribution >= 0.6 is 0 Å². The van der Waals surface area contributed by atoms with Crippen molar-refractivity contribution in [3.05, 3.63) is 59.7 Å². The average molecular weight is 353 g/mol. The Morgan fingerprint density at radius 3 is 2.62 bits per heavy atom. The Balaban J connectivity index is 1.68. The molecule has 138 valence electrons. The number of aliphatic imine (C=N–C) groups is 1. The molecule has 5 heteroatoms. The van der Waals surface area contributed by atoms with Crippen molar-refractivity contribution in [3.8, 4) is 11.5 Å². The standard InChI is InChI=1S/C21H27N3O2/c1-3-22-21(24-16(2)18-8-5-4-6-9-18)23-15-17-10-11-19-20(14-17)26-13-7-12-25-19/h4-6,8-11,14,16H,3,7,12-13,15H2,1-2H3,(H2,22,23,24). The van der Waals surface area contributed by atoms with Crippen molar-refractivity contribution >= 4 is 5.96 Å². The minimum absolute atomic E-state index is 0.178. The first-order valence-corrected chi connectivity index (χ1v) is 9.24. The van der Waals surface area contributed by atoms with Crippen LogP contribution in [0, 0.1) is 0 Å². The van der Waals surface area contributed by atoms with Crippen molar-refractivity contribution in [2.45, 2.75) is 32.9 Å². The van der Waals surface area contributed by atoms with Crippen LogP contribution in [0.2, 0.25) is 0 Å². The molecule has 1 aliphatic rings. The van der Waals surface area contributed by atoms with Crippen molar-refractivity contribution in [3.63, 3.8) is 0 Å². The third-order valence-corrected chi connectivity index (χ3v) is 4.23. The molecule has 1 unspecified atom stereocenters. The maximum atomic E-state index is 5.76. The molecule has 0 saturated carbocycles. The van der Waals surface area contributed by atoms with Crippen LogP contribution in [-0.4, -0.2) is 25.7 Å². The Hall–Kier alpha value is -2.69. The monoisotopic (exact) mass is 353 g/mol. The van der Waals surface area contributed by atoms with E-state index in [1.807, 2.05) is 24.3 Å². The summed E-state index contributed by atoms with van der Waals surface area (Å²) in [5.41, 5.74) is 2.33. The maximum absolute atomic E-state index is 5.76. The van der Waals surface area contributed by atoms with Crippen molar-refractivity contribution in [1.82, 2.24) is 10.6 Å². The molecule has 26 heavy (non-hydrogen) atoms. The summed E-state index contributed by atoms with van der Waals surface area (Å²) < 4.78 is 11.4. The van der Waals surface area contributed by atoms with Gasteiger partial charge in [0.15, 0.2) is 17.5 Å². The Morgan fingerprint density at radius 2 is 1.85 bits per heavy atom. The molecular formula is C21H27N3O2. The molecule has 1 aliphatic heterocycles. The van der Waals surface area contributed by atoms with Gasteiger partial charge in [0.25, 0.3) is 0 Å². The summed E-state index contributed by atoms with van der Waals surface area (Å²) in [7, 11) is 0. The van der Waals surface area contributed by atoms with Gasteiger partial charge < -0.3 is 20.1 Å². The lowest BCUT2D eigenvalue weighted by Crippen LogP contribution is -2.38. The second kappa shape index (κ2) is 9.13. The van der Waals surface area contributed by atoms with E-state index in [1.165, 1.54) is 5.56 Å². The van der Waals surface area contributed by atoms with Crippen LogP contribution in [0.15, 0.2) is 53.5 Å². The minimum atomic E-state index is 0.178.